The summed E-state index contributed by atoms with van der Waals surface area (Å²) in [6.07, 6.45) is 0. The molecular weight excluding hydrogens is 402 g/mol. The van der Waals surface area contributed by atoms with Crippen LogP contribution in [-0.2, 0) is 9.59 Å². The van der Waals surface area contributed by atoms with E-state index in [2.05, 4.69) is 10.6 Å². The molecule has 0 saturated heterocycles. The van der Waals surface area contributed by atoms with E-state index in [9.17, 15) is 4.79 Å². The summed E-state index contributed by atoms with van der Waals surface area (Å²) < 4.78 is 0. The number of carboxylic acids is 2. The van der Waals surface area contributed by atoms with Crippen LogP contribution >= 0.6 is 22.7 Å². The van der Waals surface area contributed by atoms with Gasteiger partial charge in [0.15, 0.2) is 0 Å². The maximum atomic E-state index is 11.9. The number of nitrogens with one attached hydrogen (secondary N) is 3. The van der Waals surface area contributed by atoms with Gasteiger partial charge < -0.3 is 20.8 Å². The van der Waals surface area contributed by atoms with E-state index in [1.807, 2.05) is 53.2 Å². The molecule has 5 N–H and O–H groups in total. The molecule has 0 aliphatic heterocycles. The minimum atomic E-state index is -1.82. The highest BCUT2D eigenvalue weighted by Crippen LogP contribution is 2.18. The number of benzene rings is 1. The normalized spacial score (nSPS) is 9.57. The molecule has 0 atom stereocenters. The van der Waals surface area contributed by atoms with Crippen LogP contribution in [0.3, 0.4) is 0 Å². The Morgan fingerprint density at radius 2 is 1.21 bits per heavy atom. The Balaban J connectivity index is 0.000000409. The standard InChI is InChI=1S/C16H13N3OS2.C2H2O4/c17-15(13-3-1-9-21-13)18-11-5-7-12(8-6-11)19-16(20)14-4-2-10-22-14;3-1(4)2(5)6/h1-10H,(H2,17,18)(H,19,20);(H,3,4)(H,5,6). The predicted molar refractivity (Wildman–Crippen MR) is 109 cm³/mol. The molecule has 2 aromatic heterocycles. The van der Waals surface area contributed by atoms with E-state index in [0.717, 1.165) is 16.3 Å². The zero-order valence-corrected chi connectivity index (χ0v) is 15.8. The summed E-state index contributed by atoms with van der Waals surface area (Å²) in [5.41, 5.74) is 1.54. The first kappa shape index (κ1) is 20.8. The highest BCUT2D eigenvalue weighted by molar-refractivity contribution is 7.12. The van der Waals surface area contributed by atoms with E-state index < -0.39 is 11.9 Å². The molecule has 0 saturated carbocycles. The third kappa shape index (κ3) is 6.34. The Morgan fingerprint density at radius 3 is 1.64 bits per heavy atom. The van der Waals surface area contributed by atoms with Crippen molar-refractivity contribution in [2.45, 2.75) is 0 Å². The zero-order valence-electron chi connectivity index (χ0n) is 14.2. The van der Waals surface area contributed by atoms with Gasteiger partial charge in [-0.3, -0.25) is 10.2 Å². The van der Waals surface area contributed by atoms with Crippen molar-refractivity contribution in [3.8, 4) is 0 Å². The Morgan fingerprint density at radius 1 is 0.750 bits per heavy atom. The van der Waals surface area contributed by atoms with Crippen LogP contribution in [0.4, 0.5) is 11.4 Å². The van der Waals surface area contributed by atoms with Crippen molar-refractivity contribution in [3.63, 3.8) is 0 Å². The van der Waals surface area contributed by atoms with Crippen molar-refractivity contribution < 1.29 is 24.6 Å². The molecule has 3 aromatic rings. The SMILES string of the molecule is N=C(Nc1ccc(NC(=O)c2cccs2)cc1)c1cccs1.O=C(O)C(=O)O. The Hall–Kier alpha value is -3.50. The molecule has 1 amide bonds. The molecule has 2 heterocycles. The lowest BCUT2D eigenvalue weighted by Crippen LogP contribution is -2.11. The number of carboxylic acid groups (broad SMARTS) is 2. The number of carbonyl (C=O) groups is 3. The number of aliphatic carboxylic acids is 2. The number of thiophene rings is 2. The number of rotatable bonds is 4. The van der Waals surface area contributed by atoms with Gasteiger partial charge in [0.25, 0.3) is 5.91 Å². The third-order valence-electron chi connectivity index (χ3n) is 3.11. The Kier molecular flexibility index (Phi) is 7.43. The summed E-state index contributed by atoms with van der Waals surface area (Å²) in [5.74, 6) is -3.39. The summed E-state index contributed by atoms with van der Waals surface area (Å²) in [6, 6.07) is 14.8. The van der Waals surface area contributed by atoms with Gasteiger partial charge in [-0.15, -0.1) is 22.7 Å². The molecular formula is C18H15N3O5S2. The second kappa shape index (κ2) is 10.00. The number of amidine groups is 1. The van der Waals surface area contributed by atoms with Crippen LogP contribution in [-0.4, -0.2) is 33.9 Å². The largest absolute Gasteiger partial charge is 0.473 e. The molecule has 0 aliphatic carbocycles. The van der Waals surface area contributed by atoms with E-state index in [4.69, 9.17) is 25.2 Å². The van der Waals surface area contributed by atoms with Crippen molar-refractivity contribution in [1.29, 1.82) is 5.41 Å². The molecule has 3 rings (SSSR count). The maximum Gasteiger partial charge on any atom is 0.414 e. The van der Waals surface area contributed by atoms with Crippen LogP contribution in [0.5, 0.6) is 0 Å². The second-order valence-corrected chi connectivity index (χ2v) is 6.99. The fourth-order valence-electron chi connectivity index (χ4n) is 1.86. The predicted octanol–water partition coefficient (Wildman–Crippen LogP) is 3.65. The second-order valence-electron chi connectivity index (χ2n) is 5.10. The lowest BCUT2D eigenvalue weighted by Gasteiger charge is -2.08. The fourth-order valence-corrected chi connectivity index (χ4v) is 3.11. The van der Waals surface area contributed by atoms with E-state index in [0.29, 0.717) is 10.7 Å². The van der Waals surface area contributed by atoms with Crippen LogP contribution in [0, 0.1) is 5.41 Å². The van der Waals surface area contributed by atoms with Crippen molar-refractivity contribution in [3.05, 3.63) is 69.0 Å². The average molecular weight is 417 g/mol. The van der Waals surface area contributed by atoms with Crippen LogP contribution < -0.4 is 10.6 Å². The first-order chi connectivity index (χ1) is 13.4. The summed E-state index contributed by atoms with van der Waals surface area (Å²) >= 11 is 2.93. The van der Waals surface area contributed by atoms with Gasteiger partial charge in [0, 0.05) is 11.4 Å². The van der Waals surface area contributed by atoms with Crippen LogP contribution in [0.25, 0.3) is 0 Å². The van der Waals surface area contributed by atoms with Crippen molar-refractivity contribution in [2.75, 3.05) is 10.6 Å². The van der Waals surface area contributed by atoms with Gasteiger partial charge in [-0.05, 0) is 47.2 Å². The van der Waals surface area contributed by atoms with Crippen molar-refractivity contribution in [2.24, 2.45) is 0 Å². The molecule has 0 radical (unpaired) electrons. The molecule has 0 fully saturated rings. The summed E-state index contributed by atoms with van der Waals surface area (Å²) in [6.45, 7) is 0. The van der Waals surface area contributed by atoms with Gasteiger partial charge in [0.2, 0.25) is 0 Å². The van der Waals surface area contributed by atoms with Crippen molar-refractivity contribution in [1.82, 2.24) is 0 Å². The molecule has 28 heavy (non-hydrogen) atoms. The fraction of sp³-hybridized carbons (Fsp3) is 0. The molecule has 0 spiro atoms. The van der Waals surface area contributed by atoms with Gasteiger partial charge in [-0.2, -0.15) is 0 Å². The summed E-state index contributed by atoms with van der Waals surface area (Å²) in [4.78, 5) is 31.7. The lowest BCUT2D eigenvalue weighted by atomic mass is 10.2. The Bertz CT molecular complexity index is 873. The molecule has 144 valence electrons. The molecule has 0 bridgehead atoms. The van der Waals surface area contributed by atoms with Crippen LogP contribution in [0.15, 0.2) is 59.3 Å². The quantitative estimate of drug-likeness (QED) is 0.249. The minimum Gasteiger partial charge on any atom is -0.473 e. The number of anilines is 2. The zero-order chi connectivity index (χ0) is 20.5. The van der Waals surface area contributed by atoms with Gasteiger partial charge in [-0.25, -0.2) is 9.59 Å². The third-order valence-corrected chi connectivity index (χ3v) is 4.86. The first-order valence-electron chi connectivity index (χ1n) is 7.67. The minimum absolute atomic E-state index is 0.109. The maximum absolute atomic E-state index is 11.9. The molecule has 0 aliphatic rings. The van der Waals surface area contributed by atoms with Crippen LogP contribution in [0.1, 0.15) is 14.5 Å². The highest BCUT2D eigenvalue weighted by atomic mass is 32.1. The van der Waals surface area contributed by atoms with Gasteiger partial charge in [-0.1, -0.05) is 12.1 Å². The first-order valence-corrected chi connectivity index (χ1v) is 9.43. The Labute approximate surface area is 167 Å². The smallest absolute Gasteiger partial charge is 0.414 e. The lowest BCUT2D eigenvalue weighted by molar-refractivity contribution is -0.159. The summed E-state index contributed by atoms with van der Waals surface area (Å²) in [5, 5.41) is 32.5. The topological polar surface area (TPSA) is 140 Å². The monoisotopic (exact) mass is 417 g/mol. The van der Waals surface area contributed by atoms with E-state index in [1.54, 1.807) is 6.07 Å². The number of hydrogen-bond donors (Lipinski definition) is 5. The highest BCUT2D eigenvalue weighted by Gasteiger charge is 2.07. The molecule has 1 aromatic carbocycles. The van der Waals surface area contributed by atoms with Gasteiger partial charge >= 0.3 is 11.9 Å². The number of carbonyl (C=O) groups excluding carboxylic acids is 1. The van der Waals surface area contributed by atoms with Crippen LogP contribution in [0.2, 0.25) is 0 Å². The molecule has 10 heteroatoms. The van der Waals surface area contributed by atoms with Crippen molar-refractivity contribution >= 4 is 57.7 Å². The van der Waals surface area contributed by atoms with E-state index in [1.165, 1.54) is 22.7 Å². The number of hydrogen-bond acceptors (Lipinski definition) is 6. The molecule has 8 nitrogen and oxygen atoms in total. The van der Waals surface area contributed by atoms with E-state index in [-0.39, 0.29) is 5.91 Å². The summed E-state index contributed by atoms with van der Waals surface area (Å²) in [7, 11) is 0. The molecule has 0 unspecified atom stereocenters. The van der Waals surface area contributed by atoms with Gasteiger partial charge in [0.05, 0.1) is 9.75 Å². The average Bonchev–Trinajstić information content (AvgIpc) is 3.38. The number of amides is 1. The van der Waals surface area contributed by atoms with Gasteiger partial charge in [0.1, 0.15) is 5.84 Å². The van der Waals surface area contributed by atoms with E-state index >= 15 is 0 Å².